The van der Waals surface area contributed by atoms with Crippen LogP contribution in [0.25, 0.3) is 0 Å². The number of rotatable bonds is 13. The average Bonchev–Trinajstić information content (AvgIpc) is 2.85. The molecule has 0 aliphatic rings. The van der Waals surface area contributed by atoms with Gasteiger partial charge in [0, 0.05) is 0 Å². The van der Waals surface area contributed by atoms with E-state index >= 15 is 0 Å². The molecule has 0 heterocycles. The zero-order chi connectivity index (χ0) is 25.4. The molecule has 0 bridgehead atoms. The summed E-state index contributed by atoms with van der Waals surface area (Å²) in [5.41, 5.74) is 12.5. The van der Waals surface area contributed by atoms with Crippen molar-refractivity contribution in [3.05, 3.63) is 68.8 Å². The van der Waals surface area contributed by atoms with Crippen LogP contribution in [0, 0.1) is 13.8 Å². The highest BCUT2D eigenvalue weighted by molar-refractivity contribution is 5.42. The van der Waals surface area contributed by atoms with E-state index in [1.165, 1.54) is 62.5 Å². The minimum Gasteiger partial charge on any atom is -0.0648 e. The lowest BCUT2D eigenvalue weighted by molar-refractivity contribution is 0.670. The Hall–Kier alpha value is -1.56. The highest BCUT2D eigenvalue weighted by Gasteiger charge is 2.17. The third-order valence-electron chi connectivity index (χ3n) is 8.77. The van der Waals surface area contributed by atoms with Crippen LogP contribution in [0.1, 0.15) is 162 Å². The molecule has 0 spiro atoms. The molecule has 34 heavy (non-hydrogen) atoms. The first-order valence-electron chi connectivity index (χ1n) is 14.4. The maximum atomic E-state index is 2.57. The van der Waals surface area contributed by atoms with E-state index in [1.54, 1.807) is 33.4 Å². The molecule has 0 heteroatoms. The molecule has 0 saturated heterocycles. The number of hydrogen-bond donors (Lipinski definition) is 0. The minimum absolute atomic E-state index is 0.645. The molecule has 0 aliphatic carbocycles. The van der Waals surface area contributed by atoms with Gasteiger partial charge in [0.25, 0.3) is 0 Å². The first-order valence-corrected chi connectivity index (χ1v) is 14.4. The number of hydrogen-bond acceptors (Lipinski definition) is 0. The lowest BCUT2D eigenvalue weighted by atomic mass is 9.83. The van der Waals surface area contributed by atoms with Crippen LogP contribution in [0.5, 0.6) is 0 Å². The van der Waals surface area contributed by atoms with Crippen LogP contribution in [-0.4, -0.2) is 0 Å². The maximum Gasteiger partial charge on any atom is -0.0190 e. The summed E-state index contributed by atoms with van der Waals surface area (Å²) >= 11 is 0. The summed E-state index contributed by atoms with van der Waals surface area (Å²) < 4.78 is 0. The molecule has 0 fully saturated rings. The molecule has 4 atom stereocenters. The van der Waals surface area contributed by atoms with Gasteiger partial charge in [-0.3, -0.25) is 0 Å². The molecule has 2 aromatic carbocycles. The van der Waals surface area contributed by atoms with Crippen LogP contribution in [0.2, 0.25) is 0 Å². The Balaban J connectivity index is 2.24. The van der Waals surface area contributed by atoms with E-state index in [2.05, 4.69) is 93.5 Å². The molecule has 190 valence electrons. The van der Waals surface area contributed by atoms with Crippen LogP contribution in [0.3, 0.4) is 0 Å². The minimum atomic E-state index is 0.645. The molecule has 2 rings (SSSR count). The molecule has 0 radical (unpaired) electrons. The quantitative estimate of drug-likeness (QED) is 0.260. The smallest absolute Gasteiger partial charge is 0.0190 e. The van der Waals surface area contributed by atoms with Gasteiger partial charge in [0.2, 0.25) is 0 Å². The summed E-state index contributed by atoms with van der Waals surface area (Å²) in [4.78, 5) is 0. The van der Waals surface area contributed by atoms with Crippen molar-refractivity contribution in [3.63, 3.8) is 0 Å². The Morgan fingerprint density at radius 2 is 0.765 bits per heavy atom. The summed E-state index contributed by atoms with van der Waals surface area (Å²) in [6.07, 6.45) is 9.85. The SMILES string of the molecule is CCC(C)c1cc(CCCCc2cc(C(C)CC)c(C)cc2C(C)CC)c(C(C)CC)cc1C. The second kappa shape index (κ2) is 13.5. The first kappa shape index (κ1) is 28.7. The molecule has 0 saturated carbocycles. The Labute approximate surface area is 213 Å². The van der Waals surface area contributed by atoms with E-state index in [1.807, 2.05) is 0 Å². The van der Waals surface area contributed by atoms with Crippen molar-refractivity contribution in [1.82, 2.24) is 0 Å². The Kier molecular flexibility index (Phi) is 11.4. The van der Waals surface area contributed by atoms with Gasteiger partial charge < -0.3 is 0 Å². The van der Waals surface area contributed by atoms with Gasteiger partial charge in [-0.1, -0.05) is 79.7 Å². The molecule has 0 aliphatic heterocycles. The largest absolute Gasteiger partial charge is 0.0648 e. The fourth-order valence-electron chi connectivity index (χ4n) is 5.51. The molecule has 0 nitrogen and oxygen atoms in total. The molecular weight excluding hydrogens is 408 g/mol. The van der Waals surface area contributed by atoms with Crippen LogP contribution in [0.4, 0.5) is 0 Å². The van der Waals surface area contributed by atoms with Gasteiger partial charge in [-0.05, 0) is 133 Å². The normalized spacial score (nSPS) is 15.2. The van der Waals surface area contributed by atoms with E-state index in [9.17, 15) is 0 Å². The Morgan fingerprint density at radius 1 is 0.471 bits per heavy atom. The van der Waals surface area contributed by atoms with Crippen molar-refractivity contribution in [2.24, 2.45) is 0 Å². The highest BCUT2D eigenvalue weighted by atomic mass is 14.2. The van der Waals surface area contributed by atoms with E-state index in [0.717, 1.165) is 0 Å². The van der Waals surface area contributed by atoms with Crippen LogP contribution in [0.15, 0.2) is 24.3 Å². The second-order valence-corrected chi connectivity index (χ2v) is 11.3. The predicted molar refractivity (Wildman–Crippen MR) is 154 cm³/mol. The zero-order valence-electron chi connectivity index (χ0n) is 24.3. The van der Waals surface area contributed by atoms with Crippen molar-refractivity contribution in [3.8, 4) is 0 Å². The van der Waals surface area contributed by atoms with Gasteiger partial charge >= 0.3 is 0 Å². The predicted octanol–water partition coefficient (Wildman–Crippen LogP) is 10.9. The fraction of sp³-hybridized carbons (Fsp3) is 0.647. The van der Waals surface area contributed by atoms with Gasteiger partial charge in [-0.15, -0.1) is 0 Å². The van der Waals surface area contributed by atoms with Gasteiger partial charge in [0.15, 0.2) is 0 Å². The maximum absolute atomic E-state index is 2.57. The van der Waals surface area contributed by atoms with Crippen LogP contribution < -0.4 is 0 Å². The fourth-order valence-corrected chi connectivity index (χ4v) is 5.51. The Bertz CT molecular complexity index is 827. The zero-order valence-corrected chi connectivity index (χ0v) is 24.3. The topological polar surface area (TPSA) is 0 Å². The standard InChI is InChI=1S/C34H54/c1-11-23(5)31-21-29(33(19-27(31)9)25(7)13-3)17-15-16-18-30-22-32(24(6)12-2)28(10)20-34(30)26(8)14-4/h19-26H,11-18H2,1-10H3. The number of aryl methyl sites for hydroxylation is 4. The summed E-state index contributed by atoms with van der Waals surface area (Å²) in [5.74, 6) is 2.59. The van der Waals surface area contributed by atoms with Crippen molar-refractivity contribution in [2.45, 2.75) is 144 Å². The monoisotopic (exact) mass is 462 g/mol. The van der Waals surface area contributed by atoms with Gasteiger partial charge in [0.1, 0.15) is 0 Å². The first-order chi connectivity index (χ1) is 16.2. The molecule has 4 unspecified atom stereocenters. The molecule has 2 aromatic rings. The average molecular weight is 463 g/mol. The van der Waals surface area contributed by atoms with Crippen molar-refractivity contribution >= 4 is 0 Å². The summed E-state index contributed by atoms with van der Waals surface area (Å²) in [7, 11) is 0. The molecular formula is C34H54. The summed E-state index contributed by atoms with van der Waals surface area (Å²) in [6.45, 7) is 23.5. The lowest BCUT2D eigenvalue weighted by Crippen LogP contribution is -2.06. The van der Waals surface area contributed by atoms with Gasteiger partial charge in [-0.2, -0.15) is 0 Å². The van der Waals surface area contributed by atoms with E-state index < -0.39 is 0 Å². The van der Waals surface area contributed by atoms with E-state index in [4.69, 9.17) is 0 Å². The number of unbranched alkanes of at least 4 members (excludes halogenated alkanes) is 1. The summed E-state index contributed by atoms with van der Waals surface area (Å²) in [5, 5.41) is 0. The van der Waals surface area contributed by atoms with Gasteiger partial charge in [-0.25, -0.2) is 0 Å². The third kappa shape index (κ3) is 6.99. The van der Waals surface area contributed by atoms with Crippen molar-refractivity contribution < 1.29 is 0 Å². The highest BCUT2D eigenvalue weighted by Crippen LogP contribution is 2.33. The molecule has 0 aromatic heterocycles. The molecule has 0 amide bonds. The second-order valence-electron chi connectivity index (χ2n) is 11.3. The van der Waals surface area contributed by atoms with Crippen LogP contribution >= 0.6 is 0 Å². The molecule has 0 N–H and O–H groups in total. The van der Waals surface area contributed by atoms with Crippen LogP contribution in [-0.2, 0) is 12.8 Å². The third-order valence-corrected chi connectivity index (χ3v) is 8.77. The van der Waals surface area contributed by atoms with Crippen molar-refractivity contribution in [2.75, 3.05) is 0 Å². The summed E-state index contributed by atoms with van der Waals surface area (Å²) in [6, 6.07) is 10.2. The van der Waals surface area contributed by atoms with E-state index in [0.29, 0.717) is 23.7 Å². The number of benzene rings is 2. The van der Waals surface area contributed by atoms with Crippen molar-refractivity contribution in [1.29, 1.82) is 0 Å². The van der Waals surface area contributed by atoms with E-state index in [-0.39, 0.29) is 0 Å². The lowest BCUT2D eigenvalue weighted by Gasteiger charge is -2.22. The Morgan fingerprint density at radius 3 is 1.06 bits per heavy atom. The van der Waals surface area contributed by atoms with Gasteiger partial charge in [0.05, 0.1) is 0 Å².